The van der Waals surface area contributed by atoms with Gasteiger partial charge >= 0.3 is 0 Å². The average Bonchev–Trinajstić information content (AvgIpc) is 2.44. The summed E-state index contributed by atoms with van der Waals surface area (Å²) in [4.78, 5) is 10.8. The second kappa shape index (κ2) is 5.31. The van der Waals surface area contributed by atoms with E-state index in [1.54, 1.807) is 6.92 Å². The van der Waals surface area contributed by atoms with Gasteiger partial charge in [0.15, 0.2) is 0 Å². The Labute approximate surface area is 95.4 Å². The van der Waals surface area contributed by atoms with Gasteiger partial charge in [-0.2, -0.15) is 5.10 Å². The van der Waals surface area contributed by atoms with Crippen LogP contribution in [0.1, 0.15) is 38.1 Å². The first-order chi connectivity index (χ1) is 7.06. The summed E-state index contributed by atoms with van der Waals surface area (Å²) in [6, 6.07) is 0. The number of ketones is 1. The van der Waals surface area contributed by atoms with Crippen molar-refractivity contribution in [2.45, 2.75) is 39.5 Å². The molecule has 0 aromatic carbocycles. The van der Waals surface area contributed by atoms with Crippen molar-refractivity contribution in [2.75, 3.05) is 0 Å². The molecule has 3 nitrogen and oxygen atoms in total. The highest BCUT2D eigenvalue weighted by Crippen LogP contribution is 2.22. The van der Waals surface area contributed by atoms with Crippen LogP contribution < -0.4 is 0 Å². The molecule has 84 valence electrons. The average molecular weight is 229 g/mol. The van der Waals surface area contributed by atoms with Crippen LogP contribution in [0.2, 0.25) is 5.02 Å². The van der Waals surface area contributed by atoms with Crippen LogP contribution in [0, 0.1) is 0 Å². The van der Waals surface area contributed by atoms with Crippen LogP contribution in [0.5, 0.6) is 0 Å². The van der Waals surface area contributed by atoms with Gasteiger partial charge in [-0.3, -0.25) is 4.68 Å². The molecule has 0 radical (unpaired) electrons. The van der Waals surface area contributed by atoms with Crippen LogP contribution in [0.15, 0.2) is 0 Å². The summed E-state index contributed by atoms with van der Waals surface area (Å²) in [5, 5.41) is 5.09. The van der Waals surface area contributed by atoms with E-state index >= 15 is 0 Å². The van der Waals surface area contributed by atoms with Crippen LogP contribution in [-0.4, -0.2) is 15.6 Å². The first-order valence-corrected chi connectivity index (χ1v) is 5.63. The van der Waals surface area contributed by atoms with Crippen LogP contribution in [0.25, 0.3) is 0 Å². The topological polar surface area (TPSA) is 34.9 Å². The van der Waals surface area contributed by atoms with Gasteiger partial charge in [-0.1, -0.05) is 18.5 Å². The minimum Gasteiger partial charge on any atom is -0.300 e. The van der Waals surface area contributed by atoms with Gasteiger partial charge < -0.3 is 4.79 Å². The van der Waals surface area contributed by atoms with E-state index in [1.807, 2.05) is 18.7 Å². The van der Waals surface area contributed by atoms with Crippen molar-refractivity contribution < 1.29 is 4.79 Å². The summed E-state index contributed by atoms with van der Waals surface area (Å²) in [6.07, 6.45) is 3.13. The molecule has 1 rings (SSSR count). The monoisotopic (exact) mass is 228 g/mol. The first-order valence-electron chi connectivity index (χ1n) is 5.26. The fourth-order valence-electron chi connectivity index (χ4n) is 1.60. The largest absolute Gasteiger partial charge is 0.300 e. The minimum absolute atomic E-state index is 0.226. The van der Waals surface area contributed by atoms with E-state index < -0.39 is 0 Å². The molecule has 1 aromatic rings. The van der Waals surface area contributed by atoms with Crippen molar-refractivity contribution in [1.82, 2.24) is 9.78 Å². The molecule has 0 saturated carbocycles. The molecule has 1 aromatic heterocycles. The van der Waals surface area contributed by atoms with Gasteiger partial charge in [0.25, 0.3) is 0 Å². The predicted molar refractivity (Wildman–Crippen MR) is 61.2 cm³/mol. The molecule has 0 unspecified atom stereocenters. The van der Waals surface area contributed by atoms with E-state index in [1.165, 1.54) is 0 Å². The lowest BCUT2D eigenvalue weighted by molar-refractivity contribution is -0.117. The third kappa shape index (κ3) is 3.06. The maximum Gasteiger partial charge on any atom is 0.129 e. The molecular formula is C11H17ClN2O. The zero-order chi connectivity index (χ0) is 11.4. The Morgan fingerprint density at radius 1 is 1.53 bits per heavy atom. The summed E-state index contributed by atoms with van der Waals surface area (Å²) in [5.41, 5.74) is 1.98. The Morgan fingerprint density at radius 3 is 2.67 bits per heavy atom. The Bertz CT molecular complexity index is 358. The third-order valence-electron chi connectivity index (χ3n) is 2.45. The lowest BCUT2D eigenvalue weighted by Crippen LogP contribution is -2.00. The number of Topliss-reactive ketones (excluding diaryl/α,β-unsaturated/α-hetero) is 1. The highest BCUT2D eigenvalue weighted by Gasteiger charge is 2.12. The molecule has 0 atom stereocenters. The molecule has 0 fully saturated rings. The van der Waals surface area contributed by atoms with Crippen molar-refractivity contribution in [3.05, 3.63) is 16.4 Å². The van der Waals surface area contributed by atoms with Gasteiger partial charge in [-0.05, 0) is 26.2 Å². The summed E-state index contributed by atoms with van der Waals surface area (Å²) >= 11 is 6.18. The van der Waals surface area contributed by atoms with Crippen molar-refractivity contribution in [3.8, 4) is 0 Å². The fourth-order valence-corrected chi connectivity index (χ4v) is 1.98. The standard InChI is InChI=1S/C11H17ClN2O/c1-4-9-11(12)10(14(3)13-9)7-5-6-8(2)15/h4-7H2,1-3H3. The number of carbonyl (C=O) groups is 1. The number of hydrogen-bond acceptors (Lipinski definition) is 2. The molecule has 0 aliphatic carbocycles. The van der Waals surface area contributed by atoms with E-state index in [4.69, 9.17) is 11.6 Å². The number of rotatable bonds is 5. The van der Waals surface area contributed by atoms with Crippen molar-refractivity contribution in [3.63, 3.8) is 0 Å². The molecule has 0 N–H and O–H groups in total. The molecule has 0 spiro atoms. The number of hydrogen-bond donors (Lipinski definition) is 0. The van der Waals surface area contributed by atoms with Gasteiger partial charge in [0.1, 0.15) is 5.78 Å². The van der Waals surface area contributed by atoms with Crippen LogP contribution >= 0.6 is 11.6 Å². The fraction of sp³-hybridized carbons (Fsp3) is 0.636. The number of aryl methyl sites for hydroxylation is 2. The van der Waals surface area contributed by atoms with E-state index in [0.717, 1.165) is 35.7 Å². The normalized spacial score (nSPS) is 10.7. The third-order valence-corrected chi connectivity index (χ3v) is 2.88. The van der Waals surface area contributed by atoms with Gasteiger partial charge in [0.05, 0.1) is 16.4 Å². The Kier molecular flexibility index (Phi) is 4.33. The van der Waals surface area contributed by atoms with Crippen molar-refractivity contribution >= 4 is 17.4 Å². The molecule has 4 heteroatoms. The molecule has 0 saturated heterocycles. The Hall–Kier alpha value is -0.830. The van der Waals surface area contributed by atoms with Gasteiger partial charge in [-0.15, -0.1) is 0 Å². The summed E-state index contributed by atoms with van der Waals surface area (Å²) in [7, 11) is 1.90. The van der Waals surface area contributed by atoms with E-state index in [0.29, 0.717) is 6.42 Å². The van der Waals surface area contributed by atoms with Crippen LogP contribution in [0.4, 0.5) is 0 Å². The predicted octanol–water partition coefficient (Wildman–Crippen LogP) is 2.55. The molecule has 0 amide bonds. The van der Waals surface area contributed by atoms with Crippen molar-refractivity contribution in [2.24, 2.45) is 7.05 Å². The second-order valence-electron chi connectivity index (χ2n) is 3.74. The maximum absolute atomic E-state index is 10.8. The zero-order valence-electron chi connectivity index (χ0n) is 9.51. The zero-order valence-corrected chi connectivity index (χ0v) is 10.3. The second-order valence-corrected chi connectivity index (χ2v) is 4.12. The maximum atomic E-state index is 10.8. The van der Waals surface area contributed by atoms with Crippen LogP contribution in [-0.2, 0) is 24.7 Å². The Morgan fingerprint density at radius 2 is 2.20 bits per heavy atom. The number of halogens is 1. The smallest absolute Gasteiger partial charge is 0.129 e. The van der Waals surface area contributed by atoms with Crippen molar-refractivity contribution in [1.29, 1.82) is 0 Å². The van der Waals surface area contributed by atoms with Gasteiger partial charge in [0.2, 0.25) is 0 Å². The number of nitrogens with zero attached hydrogens (tertiary/aromatic N) is 2. The summed E-state index contributed by atoms with van der Waals surface area (Å²) in [6.45, 7) is 3.65. The SMILES string of the molecule is CCc1nn(C)c(CCCC(C)=O)c1Cl. The Balaban J connectivity index is 2.68. The lowest BCUT2D eigenvalue weighted by Gasteiger charge is -2.01. The van der Waals surface area contributed by atoms with Crippen LogP contribution in [0.3, 0.4) is 0 Å². The molecule has 0 bridgehead atoms. The van der Waals surface area contributed by atoms with E-state index in [2.05, 4.69) is 5.10 Å². The van der Waals surface area contributed by atoms with Gasteiger partial charge in [-0.25, -0.2) is 0 Å². The number of carbonyl (C=O) groups excluding carboxylic acids is 1. The van der Waals surface area contributed by atoms with E-state index in [-0.39, 0.29) is 5.78 Å². The molecular weight excluding hydrogens is 212 g/mol. The highest BCUT2D eigenvalue weighted by molar-refractivity contribution is 6.31. The molecule has 1 heterocycles. The molecule has 0 aliphatic heterocycles. The lowest BCUT2D eigenvalue weighted by atomic mass is 10.1. The van der Waals surface area contributed by atoms with E-state index in [9.17, 15) is 4.79 Å². The minimum atomic E-state index is 0.226. The summed E-state index contributed by atoms with van der Waals surface area (Å²) < 4.78 is 1.82. The first kappa shape index (κ1) is 12.2. The molecule has 15 heavy (non-hydrogen) atoms. The quantitative estimate of drug-likeness (QED) is 0.777. The number of aromatic nitrogens is 2. The molecule has 0 aliphatic rings. The van der Waals surface area contributed by atoms with Gasteiger partial charge in [0, 0.05) is 13.5 Å². The summed E-state index contributed by atoms with van der Waals surface area (Å²) in [5.74, 6) is 0.226. The highest BCUT2D eigenvalue weighted by atomic mass is 35.5.